The number of aliphatic hydroxyl groups excluding tert-OH is 1. The van der Waals surface area contributed by atoms with Gasteiger partial charge in [-0.15, -0.1) is 0 Å². The van der Waals surface area contributed by atoms with Crippen LogP contribution in [-0.2, 0) is 0 Å². The molecule has 80 valence electrons. The van der Waals surface area contributed by atoms with Gasteiger partial charge in [0.15, 0.2) is 0 Å². The Labute approximate surface area is 94.9 Å². The lowest BCUT2D eigenvalue weighted by Crippen LogP contribution is -1.80. The van der Waals surface area contributed by atoms with E-state index in [1.54, 1.807) is 12.3 Å². The van der Waals surface area contributed by atoms with Crippen LogP contribution in [0.3, 0.4) is 0 Å². The number of aromatic nitrogens is 1. The molecule has 0 unspecified atom stereocenters. The van der Waals surface area contributed by atoms with Gasteiger partial charge in [0, 0.05) is 12.4 Å². The van der Waals surface area contributed by atoms with Crippen LogP contribution in [0.5, 0.6) is 0 Å². The quantitative estimate of drug-likeness (QED) is 0.846. The first-order valence-corrected chi connectivity index (χ1v) is 5.18. The summed E-state index contributed by atoms with van der Waals surface area (Å²) in [6.07, 6.45) is 7.23. The predicted octanol–water partition coefficient (Wildman–Crippen LogP) is 2.75. The number of hydrogen-bond acceptors (Lipinski definition) is 2. The predicted molar refractivity (Wildman–Crippen MR) is 65.8 cm³/mol. The Morgan fingerprint density at radius 1 is 1.06 bits per heavy atom. The van der Waals surface area contributed by atoms with Gasteiger partial charge in [-0.3, -0.25) is 4.98 Å². The van der Waals surface area contributed by atoms with Crippen molar-refractivity contribution in [3.05, 3.63) is 60.4 Å². The molecule has 0 saturated carbocycles. The number of nitrogens with zero attached hydrogens (tertiary/aromatic N) is 1. The molecule has 16 heavy (non-hydrogen) atoms. The van der Waals surface area contributed by atoms with Gasteiger partial charge in [-0.1, -0.05) is 42.5 Å². The Morgan fingerprint density at radius 3 is 2.50 bits per heavy atom. The van der Waals surface area contributed by atoms with E-state index >= 15 is 0 Å². The van der Waals surface area contributed by atoms with E-state index in [1.165, 1.54) is 0 Å². The number of hydrogen-bond donors (Lipinski definition) is 1. The third-order valence-corrected chi connectivity index (χ3v) is 2.32. The van der Waals surface area contributed by atoms with Gasteiger partial charge in [0.1, 0.15) is 0 Å². The summed E-state index contributed by atoms with van der Waals surface area (Å²) >= 11 is 0. The van der Waals surface area contributed by atoms with Crippen LogP contribution in [0.4, 0.5) is 0 Å². The summed E-state index contributed by atoms with van der Waals surface area (Å²) in [7, 11) is 0. The molecule has 0 amide bonds. The zero-order valence-corrected chi connectivity index (χ0v) is 8.88. The van der Waals surface area contributed by atoms with Gasteiger partial charge < -0.3 is 5.11 Å². The summed E-state index contributed by atoms with van der Waals surface area (Å²) in [4.78, 5) is 4.09. The van der Waals surface area contributed by atoms with Crippen molar-refractivity contribution < 1.29 is 5.11 Å². The summed E-state index contributed by atoms with van der Waals surface area (Å²) in [6, 6.07) is 12.1. The number of rotatable bonds is 3. The lowest BCUT2D eigenvalue weighted by molar-refractivity contribution is 0.343. The Hall–Kier alpha value is -1.93. The smallest absolute Gasteiger partial charge is 0.0615 e. The van der Waals surface area contributed by atoms with E-state index in [9.17, 15) is 0 Å². The van der Waals surface area contributed by atoms with Crippen LogP contribution < -0.4 is 0 Å². The molecule has 0 bridgehead atoms. The van der Waals surface area contributed by atoms with Crippen LogP contribution in [0.1, 0.15) is 5.56 Å². The van der Waals surface area contributed by atoms with Crippen molar-refractivity contribution in [2.24, 2.45) is 0 Å². The van der Waals surface area contributed by atoms with E-state index in [1.807, 2.05) is 48.7 Å². The maximum atomic E-state index is 8.67. The highest BCUT2D eigenvalue weighted by atomic mass is 16.2. The molecule has 2 nitrogen and oxygen atoms in total. The molecule has 0 aliphatic heterocycles. The number of aliphatic hydroxyl groups is 1. The van der Waals surface area contributed by atoms with Crippen molar-refractivity contribution in [3.63, 3.8) is 0 Å². The molecule has 1 aromatic heterocycles. The molecule has 2 aromatic rings. The Morgan fingerprint density at radius 2 is 1.88 bits per heavy atom. The van der Waals surface area contributed by atoms with Crippen LogP contribution in [0.15, 0.2) is 54.9 Å². The highest BCUT2D eigenvalue weighted by molar-refractivity contribution is 5.64. The third kappa shape index (κ3) is 2.55. The molecule has 2 heteroatoms. The summed E-state index contributed by atoms with van der Waals surface area (Å²) in [6.45, 7) is 0.0738. The Balaban J connectivity index is 2.23. The van der Waals surface area contributed by atoms with Crippen molar-refractivity contribution in [2.45, 2.75) is 0 Å². The van der Waals surface area contributed by atoms with Crippen molar-refractivity contribution >= 4 is 6.08 Å². The molecule has 2 rings (SSSR count). The molecule has 1 aromatic carbocycles. The molecule has 0 spiro atoms. The van der Waals surface area contributed by atoms with Gasteiger partial charge in [-0.2, -0.15) is 0 Å². The van der Waals surface area contributed by atoms with Crippen molar-refractivity contribution in [3.8, 4) is 11.1 Å². The standard InChI is InChI=1S/C14H13NO/c16-10-2-3-12-5-7-13(8-6-12)14-4-1-9-15-11-14/h1-9,11,16H,10H2. The number of pyridine rings is 1. The molecule has 0 atom stereocenters. The lowest BCUT2D eigenvalue weighted by Gasteiger charge is -2.01. The van der Waals surface area contributed by atoms with Crippen molar-refractivity contribution in [1.29, 1.82) is 0 Å². The van der Waals surface area contributed by atoms with Gasteiger partial charge >= 0.3 is 0 Å². The lowest BCUT2D eigenvalue weighted by atomic mass is 10.1. The second-order valence-corrected chi connectivity index (χ2v) is 3.45. The van der Waals surface area contributed by atoms with Gasteiger partial charge in [0.05, 0.1) is 6.61 Å². The zero-order chi connectivity index (χ0) is 11.2. The van der Waals surface area contributed by atoms with Gasteiger partial charge in [0.2, 0.25) is 0 Å². The molecular weight excluding hydrogens is 198 g/mol. The van der Waals surface area contributed by atoms with E-state index in [-0.39, 0.29) is 6.61 Å². The molecule has 0 aliphatic rings. The van der Waals surface area contributed by atoms with Crippen LogP contribution in [0.2, 0.25) is 0 Å². The SMILES string of the molecule is OCC=Cc1ccc(-c2cccnc2)cc1. The van der Waals surface area contributed by atoms with Gasteiger partial charge in [-0.25, -0.2) is 0 Å². The van der Waals surface area contributed by atoms with E-state index in [0.717, 1.165) is 16.7 Å². The molecule has 0 saturated heterocycles. The fraction of sp³-hybridized carbons (Fsp3) is 0.0714. The summed E-state index contributed by atoms with van der Waals surface area (Å²) in [5.41, 5.74) is 3.34. The zero-order valence-electron chi connectivity index (χ0n) is 8.88. The second-order valence-electron chi connectivity index (χ2n) is 3.45. The second kappa shape index (κ2) is 5.24. The average molecular weight is 211 g/mol. The third-order valence-electron chi connectivity index (χ3n) is 2.32. The maximum Gasteiger partial charge on any atom is 0.0615 e. The fourth-order valence-corrected chi connectivity index (χ4v) is 1.51. The van der Waals surface area contributed by atoms with Crippen molar-refractivity contribution in [1.82, 2.24) is 4.98 Å². The van der Waals surface area contributed by atoms with Gasteiger partial charge in [-0.05, 0) is 22.8 Å². The first kappa shape index (κ1) is 10.6. The Kier molecular flexibility index (Phi) is 3.46. The first-order valence-electron chi connectivity index (χ1n) is 5.18. The monoisotopic (exact) mass is 211 g/mol. The van der Waals surface area contributed by atoms with Gasteiger partial charge in [0.25, 0.3) is 0 Å². The maximum absolute atomic E-state index is 8.67. The minimum atomic E-state index is 0.0738. The highest BCUT2D eigenvalue weighted by Crippen LogP contribution is 2.18. The summed E-state index contributed by atoms with van der Waals surface area (Å²) < 4.78 is 0. The van der Waals surface area contributed by atoms with E-state index in [0.29, 0.717) is 0 Å². The molecule has 0 fully saturated rings. The summed E-state index contributed by atoms with van der Waals surface area (Å²) in [5, 5.41) is 8.67. The first-order chi connectivity index (χ1) is 7.90. The topological polar surface area (TPSA) is 33.1 Å². The van der Waals surface area contributed by atoms with E-state index in [4.69, 9.17) is 5.11 Å². The van der Waals surface area contributed by atoms with E-state index in [2.05, 4.69) is 4.98 Å². The minimum absolute atomic E-state index is 0.0738. The fourth-order valence-electron chi connectivity index (χ4n) is 1.51. The molecule has 0 aliphatic carbocycles. The largest absolute Gasteiger partial charge is 0.392 e. The molecule has 1 heterocycles. The minimum Gasteiger partial charge on any atom is -0.392 e. The van der Waals surface area contributed by atoms with Crippen LogP contribution >= 0.6 is 0 Å². The molecule has 1 N–H and O–H groups in total. The Bertz CT molecular complexity index is 460. The van der Waals surface area contributed by atoms with Crippen LogP contribution in [-0.4, -0.2) is 16.7 Å². The van der Waals surface area contributed by atoms with Crippen LogP contribution in [0.25, 0.3) is 17.2 Å². The molecular formula is C14H13NO. The average Bonchev–Trinajstić information content (AvgIpc) is 2.38. The highest BCUT2D eigenvalue weighted by Gasteiger charge is 1.95. The van der Waals surface area contributed by atoms with Crippen molar-refractivity contribution in [2.75, 3.05) is 6.61 Å². The summed E-state index contributed by atoms with van der Waals surface area (Å²) in [5.74, 6) is 0. The number of benzene rings is 1. The van der Waals surface area contributed by atoms with Crippen LogP contribution in [0, 0.1) is 0 Å². The molecule has 0 radical (unpaired) electrons. The normalized spacial score (nSPS) is 10.8. The van der Waals surface area contributed by atoms with E-state index < -0.39 is 0 Å².